The van der Waals surface area contributed by atoms with Crippen molar-refractivity contribution in [2.45, 2.75) is 13.1 Å². The zero-order chi connectivity index (χ0) is 24.2. The lowest BCUT2D eigenvalue weighted by atomic mass is 10.1. The zero-order valence-electron chi connectivity index (χ0n) is 18.1. The molecule has 0 radical (unpaired) electrons. The molecule has 0 saturated carbocycles. The number of nitrogens with zero attached hydrogens (tertiary/aromatic N) is 1. The molecule has 9 heteroatoms. The molecule has 0 fully saturated rings. The number of rotatable bonds is 6. The van der Waals surface area contributed by atoms with Gasteiger partial charge in [0.15, 0.2) is 4.77 Å². The second-order valence-corrected chi connectivity index (χ2v) is 8.40. The number of carbonyl (C=O) groups is 2. The van der Waals surface area contributed by atoms with E-state index in [1.54, 1.807) is 48.5 Å². The fraction of sp³-hybridized carbons (Fsp3) is 0.120. The highest BCUT2D eigenvalue weighted by atomic mass is 35.5. The zero-order valence-corrected chi connectivity index (χ0v) is 19.7. The third kappa shape index (κ3) is 5.08. The number of ether oxygens (including phenoxy) is 1. The lowest BCUT2D eigenvalue weighted by molar-refractivity contribution is 0.0600. The van der Waals surface area contributed by atoms with Gasteiger partial charge in [0.2, 0.25) is 0 Å². The summed E-state index contributed by atoms with van der Waals surface area (Å²) >= 11 is 11.3. The first-order chi connectivity index (χ1) is 16.4. The molecule has 1 aromatic heterocycles. The van der Waals surface area contributed by atoms with Crippen molar-refractivity contribution < 1.29 is 14.3 Å². The van der Waals surface area contributed by atoms with Crippen LogP contribution < -0.4 is 10.9 Å². The minimum absolute atomic E-state index is 0.205. The molecule has 34 heavy (non-hydrogen) atoms. The molecule has 4 rings (SSSR count). The van der Waals surface area contributed by atoms with Gasteiger partial charge in [0.1, 0.15) is 0 Å². The number of esters is 1. The molecule has 1 amide bonds. The van der Waals surface area contributed by atoms with Crippen LogP contribution in [0.3, 0.4) is 0 Å². The minimum atomic E-state index is -0.498. The Morgan fingerprint density at radius 2 is 1.65 bits per heavy atom. The fourth-order valence-electron chi connectivity index (χ4n) is 3.47. The van der Waals surface area contributed by atoms with Crippen molar-refractivity contribution in [3.05, 3.63) is 109 Å². The van der Waals surface area contributed by atoms with E-state index < -0.39 is 5.97 Å². The Hall–Kier alpha value is -3.75. The molecule has 4 aromatic rings. The van der Waals surface area contributed by atoms with Gasteiger partial charge in [-0.2, -0.15) is 0 Å². The van der Waals surface area contributed by atoms with Gasteiger partial charge in [0, 0.05) is 17.1 Å². The van der Waals surface area contributed by atoms with Gasteiger partial charge < -0.3 is 15.0 Å². The van der Waals surface area contributed by atoms with Crippen LogP contribution in [-0.4, -0.2) is 28.5 Å². The topological polar surface area (TPSA) is 93.2 Å². The molecule has 0 aliphatic rings. The first-order valence-corrected chi connectivity index (χ1v) is 11.1. The number of amides is 1. The summed E-state index contributed by atoms with van der Waals surface area (Å²) in [6.07, 6.45) is 0. The number of fused-ring (bicyclic) bond motifs is 1. The quantitative estimate of drug-likeness (QED) is 0.305. The summed E-state index contributed by atoms with van der Waals surface area (Å²) in [6, 6.07) is 18.9. The number of methoxy groups -OCH3 is 1. The predicted octanol–water partition coefficient (Wildman–Crippen LogP) is 4.48. The van der Waals surface area contributed by atoms with E-state index in [4.69, 9.17) is 28.6 Å². The minimum Gasteiger partial charge on any atom is -0.465 e. The fourth-order valence-corrected chi connectivity index (χ4v) is 3.86. The van der Waals surface area contributed by atoms with Crippen molar-refractivity contribution in [3.8, 4) is 0 Å². The lowest BCUT2D eigenvalue weighted by Gasteiger charge is -2.10. The molecule has 1 heterocycles. The molecule has 0 aliphatic carbocycles. The Balaban J connectivity index is 1.50. The van der Waals surface area contributed by atoms with Crippen LogP contribution in [0.15, 0.2) is 71.5 Å². The largest absolute Gasteiger partial charge is 0.465 e. The highest BCUT2D eigenvalue weighted by Crippen LogP contribution is 2.13. The summed E-state index contributed by atoms with van der Waals surface area (Å²) in [5.74, 6) is -0.703. The van der Waals surface area contributed by atoms with Crippen molar-refractivity contribution in [2.75, 3.05) is 7.11 Å². The third-order valence-corrected chi connectivity index (χ3v) is 5.90. The number of hydrogen-bond acceptors (Lipinski definition) is 5. The SMILES string of the molecule is COC(=O)c1ccc2c(=O)n(Cc3ccc(C(=O)NCc4ccc(Cl)cc4)cc3)c(=S)[nH]c2c1. The Kier molecular flexibility index (Phi) is 6.90. The van der Waals surface area contributed by atoms with Gasteiger partial charge in [-0.3, -0.25) is 14.2 Å². The number of hydrogen-bond donors (Lipinski definition) is 2. The van der Waals surface area contributed by atoms with E-state index in [1.807, 2.05) is 12.1 Å². The molecule has 2 N–H and O–H groups in total. The maximum Gasteiger partial charge on any atom is 0.337 e. The maximum atomic E-state index is 13.0. The molecule has 0 saturated heterocycles. The molecule has 3 aromatic carbocycles. The summed E-state index contributed by atoms with van der Waals surface area (Å²) in [6.45, 7) is 0.618. The van der Waals surface area contributed by atoms with Crippen LogP contribution in [0.5, 0.6) is 0 Å². The predicted molar refractivity (Wildman–Crippen MR) is 133 cm³/mol. The van der Waals surface area contributed by atoms with E-state index in [2.05, 4.69) is 10.3 Å². The van der Waals surface area contributed by atoms with Crippen LogP contribution in [0.4, 0.5) is 0 Å². The van der Waals surface area contributed by atoms with E-state index in [0.29, 0.717) is 33.6 Å². The van der Waals surface area contributed by atoms with Gasteiger partial charge in [0.25, 0.3) is 11.5 Å². The summed E-state index contributed by atoms with van der Waals surface area (Å²) < 4.78 is 6.38. The number of halogens is 1. The lowest BCUT2D eigenvalue weighted by Crippen LogP contribution is -2.24. The molecule has 0 spiro atoms. The Bertz CT molecular complexity index is 1490. The van der Waals surface area contributed by atoms with Crippen molar-refractivity contribution >= 4 is 46.6 Å². The summed E-state index contributed by atoms with van der Waals surface area (Å²) in [5.41, 5.74) is 2.76. The third-order valence-electron chi connectivity index (χ3n) is 5.33. The number of carbonyl (C=O) groups excluding carboxylic acids is 2. The first-order valence-electron chi connectivity index (χ1n) is 10.3. The monoisotopic (exact) mass is 493 g/mol. The van der Waals surface area contributed by atoms with E-state index in [9.17, 15) is 14.4 Å². The average Bonchev–Trinajstić information content (AvgIpc) is 2.85. The maximum absolute atomic E-state index is 13.0. The van der Waals surface area contributed by atoms with Crippen LogP contribution in [-0.2, 0) is 17.8 Å². The van der Waals surface area contributed by atoms with Crippen LogP contribution >= 0.6 is 23.8 Å². The first kappa shape index (κ1) is 23.4. The summed E-state index contributed by atoms with van der Waals surface area (Å²) in [5, 5.41) is 3.91. The van der Waals surface area contributed by atoms with Gasteiger partial charge in [-0.05, 0) is 65.8 Å². The standard InChI is InChI=1S/C25H20ClN3O4S/c1-33-24(32)18-8-11-20-21(12-18)28-25(34)29(23(20)31)14-16-2-6-17(7-3-16)22(30)27-13-15-4-9-19(26)10-5-15/h2-12H,13-14H2,1H3,(H,27,30)(H,28,34). The van der Waals surface area contributed by atoms with E-state index in [-0.39, 0.29) is 22.8 Å². The summed E-state index contributed by atoms with van der Waals surface area (Å²) in [7, 11) is 1.29. The average molecular weight is 494 g/mol. The van der Waals surface area contributed by atoms with Gasteiger partial charge >= 0.3 is 5.97 Å². The molecule has 0 aliphatic heterocycles. The van der Waals surface area contributed by atoms with Crippen LogP contribution in [0, 0.1) is 4.77 Å². The van der Waals surface area contributed by atoms with Crippen LogP contribution in [0.1, 0.15) is 31.8 Å². The molecular weight excluding hydrogens is 474 g/mol. The molecule has 0 unspecified atom stereocenters. The smallest absolute Gasteiger partial charge is 0.337 e. The molecular formula is C25H20ClN3O4S. The number of aromatic amines is 1. The molecule has 0 bridgehead atoms. The van der Waals surface area contributed by atoms with Crippen LogP contribution in [0.25, 0.3) is 10.9 Å². The highest BCUT2D eigenvalue weighted by Gasteiger charge is 2.11. The number of nitrogens with one attached hydrogen (secondary N) is 2. The second-order valence-electron chi connectivity index (χ2n) is 7.58. The Morgan fingerprint density at radius 1 is 1.00 bits per heavy atom. The Morgan fingerprint density at radius 3 is 2.32 bits per heavy atom. The Labute approximate surface area is 205 Å². The van der Waals surface area contributed by atoms with E-state index in [0.717, 1.165) is 11.1 Å². The van der Waals surface area contributed by atoms with Gasteiger partial charge in [-0.15, -0.1) is 0 Å². The van der Waals surface area contributed by atoms with E-state index >= 15 is 0 Å². The van der Waals surface area contributed by atoms with Crippen molar-refractivity contribution in [2.24, 2.45) is 0 Å². The molecule has 0 atom stereocenters. The van der Waals surface area contributed by atoms with Crippen molar-refractivity contribution in [3.63, 3.8) is 0 Å². The van der Waals surface area contributed by atoms with Gasteiger partial charge in [-0.1, -0.05) is 35.9 Å². The highest BCUT2D eigenvalue weighted by molar-refractivity contribution is 7.71. The van der Waals surface area contributed by atoms with E-state index in [1.165, 1.54) is 17.7 Å². The number of aromatic nitrogens is 2. The molecule has 7 nitrogen and oxygen atoms in total. The summed E-state index contributed by atoms with van der Waals surface area (Å²) in [4.78, 5) is 40.2. The molecule has 172 valence electrons. The van der Waals surface area contributed by atoms with Crippen LogP contribution in [0.2, 0.25) is 5.02 Å². The van der Waals surface area contributed by atoms with Gasteiger partial charge in [0.05, 0.1) is 30.1 Å². The number of H-pyrrole nitrogens is 1. The number of benzene rings is 3. The van der Waals surface area contributed by atoms with Crippen molar-refractivity contribution in [1.82, 2.24) is 14.9 Å². The normalized spacial score (nSPS) is 10.8. The van der Waals surface area contributed by atoms with Gasteiger partial charge in [-0.25, -0.2) is 4.79 Å². The van der Waals surface area contributed by atoms with Crippen molar-refractivity contribution in [1.29, 1.82) is 0 Å². The second kappa shape index (κ2) is 10.0.